The standard InChI is InChI=1S/C16H14F3N3O3/c1-20-15(24)13(22-25-2)11-8-9(16(17,18)19)7-10(14(11)23)12-5-3-4-6-21-12/h3-8,10H,1-2H3,(H,20,24)/b22-13+. The van der Waals surface area contributed by atoms with E-state index in [1.165, 1.54) is 19.3 Å². The Morgan fingerprint density at radius 3 is 2.60 bits per heavy atom. The van der Waals surface area contributed by atoms with Crippen molar-refractivity contribution >= 4 is 17.4 Å². The summed E-state index contributed by atoms with van der Waals surface area (Å²) < 4.78 is 39.7. The fraction of sp³-hybridized carbons (Fsp3) is 0.250. The fourth-order valence-corrected chi connectivity index (χ4v) is 2.26. The van der Waals surface area contributed by atoms with Crippen LogP contribution in [0.25, 0.3) is 0 Å². The topological polar surface area (TPSA) is 80.7 Å². The molecule has 25 heavy (non-hydrogen) atoms. The summed E-state index contributed by atoms with van der Waals surface area (Å²) in [5.74, 6) is -2.86. The van der Waals surface area contributed by atoms with Gasteiger partial charge in [0.15, 0.2) is 11.5 Å². The van der Waals surface area contributed by atoms with E-state index in [1.807, 2.05) is 0 Å². The number of pyridine rings is 1. The molecule has 1 unspecified atom stereocenters. The molecule has 0 saturated carbocycles. The predicted molar refractivity (Wildman–Crippen MR) is 82.7 cm³/mol. The van der Waals surface area contributed by atoms with Crippen molar-refractivity contribution in [3.63, 3.8) is 0 Å². The van der Waals surface area contributed by atoms with E-state index in [0.717, 1.165) is 13.2 Å². The monoisotopic (exact) mass is 353 g/mol. The van der Waals surface area contributed by atoms with Gasteiger partial charge in [-0.05, 0) is 18.2 Å². The molecule has 1 N–H and O–H groups in total. The first kappa shape index (κ1) is 18.4. The maximum Gasteiger partial charge on any atom is 0.416 e. The van der Waals surface area contributed by atoms with Gasteiger partial charge in [0, 0.05) is 13.2 Å². The molecule has 0 aromatic carbocycles. The van der Waals surface area contributed by atoms with Crippen LogP contribution in [0.2, 0.25) is 0 Å². The van der Waals surface area contributed by atoms with E-state index in [1.54, 1.807) is 12.1 Å². The predicted octanol–water partition coefficient (Wildman–Crippen LogP) is 1.91. The van der Waals surface area contributed by atoms with Crippen molar-refractivity contribution in [3.8, 4) is 0 Å². The van der Waals surface area contributed by atoms with Gasteiger partial charge in [0.2, 0.25) is 0 Å². The second kappa shape index (κ2) is 7.29. The van der Waals surface area contributed by atoms with Gasteiger partial charge in [-0.2, -0.15) is 13.2 Å². The molecule has 9 heteroatoms. The van der Waals surface area contributed by atoms with Crippen molar-refractivity contribution in [2.24, 2.45) is 5.16 Å². The van der Waals surface area contributed by atoms with Gasteiger partial charge >= 0.3 is 6.18 Å². The lowest BCUT2D eigenvalue weighted by atomic mass is 9.84. The zero-order valence-corrected chi connectivity index (χ0v) is 13.3. The first-order valence-electron chi connectivity index (χ1n) is 7.09. The van der Waals surface area contributed by atoms with Crippen LogP contribution in [0, 0.1) is 0 Å². The van der Waals surface area contributed by atoms with Crippen LogP contribution in [-0.2, 0) is 14.4 Å². The summed E-state index contributed by atoms with van der Waals surface area (Å²) in [4.78, 5) is 33.1. The van der Waals surface area contributed by atoms with Crippen LogP contribution in [0.3, 0.4) is 0 Å². The highest BCUT2D eigenvalue weighted by Crippen LogP contribution is 2.36. The first-order valence-corrected chi connectivity index (χ1v) is 7.09. The molecule has 1 aliphatic carbocycles. The number of allylic oxidation sites excluding steroid dienone is 3. The normalized spacial score (nSPS) is 18.4. The molecule has 0 aliphatic heterocycles. The number of aromatic nitrogens is 1. The van der Waals surface area contributed by atoms with Crippen LogP contribution in [0.4, 0.5) is 13.2 Å². The number of hydrogen-bond donors (Lipinski definition) is 1. The van der Waals surface area contributed by atoms with Gasteiger partial charge in [0.25, 0.3) is 5.91 Å². The SMILES string of the molecule is CNC(=O)/C(=N/OC)C1=CC(C(F)(F)F)=CC(c2ccccn2)C1=O. The third kappa shape index (κ3) is 3.93. The minimum Gasteiger partial charge on any atom is -0.398 e. The molecule has 0 spiro atoms. The molecule has 0 bridgehead atoms. The van der Waals surface area contributed by atoms with E-state index in [4.69, 9.17) is 0 Å². The second-order valence-electron chi connectivity index (χ2n) is 4.98. The Bertz CT molecular complexity index is 768. The van der Waals surface area contributed by atoms with Crippen molar-refractivity contribution < 1.29 is 27.6 Å². The molecule has 6 nitrogen and oxygen atoms in total. The summed E-state index contributed by atoms with van der Waals surface area (Å²) >= 11 is 0. The number of nitrogens with one attached hydrogen (secondary N) is 1. The van der Waals surface area contributed by atoms with Crippen LogP contribution in [-0.4, -0.2) is 42.7 Å². The van der Waals surface area contributed by atoms with Gasteiger partial charge in [0.1, 0.15) is 7.11 Å². The van der Waals surface area contributed by atoms with E-state index < -0.39 is 40.6 Å². The fourth-order valence-electron chi connectivity index (χ4n) is 2.26. The van der Waals surface area contributed by atoms with Gasteiger partial charge in [-0.25, -0.2) is 0 Å². The van der Waals surface area contributed by atoms with Crippen molar-refractivity contribution in [1.82, 2.24) is 10.3 Å². The maximum absolute atomic E-state index is 13.2. The molecule has 0 saturated heterocycles. The summed E-state index contributed by atoms with van der Waals surface area (Å²) in [6, 6.07) is 4.56. The number of carbonyl (C=O) groups excluding carboxylic acids is 2. The minimum absolute atomic E-state index is 0.133. The minimum atomic E-state index is -4.71. The van der Waals surface area contributed by atoms with Crippen LogP contribution < -0.4 is 5.32 Å². The average Bonchev–Trinajstić information content (AvgIpc) is 2.59. The van der Waals surface area contributed by atoms with Crippen LogP contribution >= 0.6 is 0 Å². The average molecular weight is 353 g/mol. The number of rotatable bonds is 4. The number of oxime groups is 1. The van der Waals surface area contributed by atoms with Crippen LogP contribution in [0.1, 0.15) is 11.6 Å². The van der Waals surface area contributed by atoms with Crippen molar-refractivity contribution in [3.05, 3.63) is 53.4 Å². The molecule has 132 valence electrons. The van der Waals surface area contributed by atoms with Gasteiger partial charge in [-0.3, -0.25) is 14.6 Å². The Labute approximate surface area is 141 Å². The lowest BCUT2D eigenvalue weighted by Crippen LogP contribution is -2.35. The maximum atomic E-state index is 13.2. The Hall–Kier alpha value is -2.97. The molecular formula is C16H14F3N3O3. The van der Waals surface area contributed by atoms with Crippen LogP contribution in [0.15, 0.2) is 52.8 Å². The number of nitrogens with zero attached hydrogens (tertiary/aromatic N) is 2. The highest BCUT2D eigenvalue weighted by molar-refractivity contribution is 6.51. The van der Waals surface area contributed by atoms with E-state index in [2.05, 4.69) is 20.3 Å². The summed E-state index contributed by atoms with van der Waals surface area (Å²) in [6.07, 6.45) is -1.97. The molecule has 2 rings (SSSR count). The van der Waals surface area contributed by atoms with Crippen LogP contribution in [0.5, 0.6) is 0 Å². The lowest BCUT2D eigenvalue weighted by molar-refractivity contribution is -0.118. The molecule has 1 amide bonds. The van der Waals surface area contributed by atoms with Crippen molar-refractivity contribution in [2.45, 2.75) is 12.1 Å². The van der Waals surface area contributed by atoms with E-state index in [0.29, 0.717) is 6.08 Å². The molecule has 1 aromatic heterocycles. The van der Waals surface area contributed by atoms with Gasteiger partial charge in [0.05, 0.1) is 22.8 Å². The third-order valence-electron chi connectivity index (χ3n) is 3.41. The lowest BCUT2D eigenvalue weighted by Gasteiger charge is -2.22. The summed E-state index contributed by atoms with van der Waals surface area (Å²) in [5, 5.41) is 5.63. The zero-order chi connectivity index (χ0) is 18.6. The Balaban J connectivity index is 2.61. The summed E-state index contributed by atoms with van der Waals surface area (Å²) in [5.41, 5.74) is -1.96. The van der Waals surface area contributed by atoms with Crippen molar-refractivity contribution in [1.29, 1.82) is 0 Å². The number of halogens is 3. The van der Waals surface area contributed by atoms with E-state index in [-0.39, 0.29) is 5.69 Å². The molecule has 1 atom stereocenters. The Kier molecular flexibility index (Phi) is 5.35. The smallest absolute Gasteiger partial charge is 0.398 e. The molecular weight excluding hydrogens is 339 g/mol. The summed E-state index contributed by atoms with van der Waals surface area (Å²) in [6.45, 7) is 0. The zero-order valence-electron chi connectivity index (χ0n) is 13.3. The Morgan fingerprint density at radius 2 is 2.08 bits per heavy atom. The summed E-state index contributed by atoms with van der Waals surface area (Å²) in [7, 11) is 2.38. The van der Waals surface area contributed by atoms with Gasteiger partial charge in [-0.1, -0.05) is 17.3 Å². The molecule has 0 fully saturated rings. The molecule has 1 heterocycles. The second-order valence-corrected chi connectivity index (χ2v) is 4.98. The Morgan fingerprint density at radius 1 is 1.36 bits per heavy atom. The van der Waals surface area contributed by atoms with E-state index in [9.17, 15) is 22.8 Å². The number of amides is 1. The van der Waals surface area contributed by atoms with E-state index >= 15 is 0 Å². The third-order valence-corrected chi connectivity index (χ3v) is 3.41. The number of ketones is 1. The molecule has 1 aromatic rings. The highest BCUT2D eigenvalue weighted by Gasteiger charge is 2.40. The quantitative estimate of drug-likeness (QED) is 0.662. The van der Waals surface area contributed by atoms with Crippen molar-refractivity contribution in [2.75, 3.05) is 14.2 Å². The molecule has 1 aliphatic rings. The van der Waals surface area contributed by atoms with Gasteiger partial charge in [-0.15, -0.1) is 0 Å². The number of alkyl halides is 3. The highest BCUT2D eigenvalue weighted by atomic mass is 19.4. The molecule has 0 radical (unpaired) electrons. The number of Topliss-reactive ketones (excluding diaryl/α,β-unsaturated/α-hetero) is 1. The number of carbonyl (C=O) groups is 2. The largest absolute Gasteiger partial charge is 0.416 e. The van der Waals surface area contributed by atoms with Gasteiger partial charge < -0.3 is 10.2 Å². The number of hydrogen-bond acceptors (Lipinski definition) is 5. The first-order chi connectivity index (χ1) is 11.8.